The van der Waals surface area contributed by atoms with Crippen LogP contribution in [0.3, 0.4) is 0 Å². The Balaban J connectivity index is 1.95. The Morgan fingerprint density at radius 1 is 1.00 bits per heavy atom. The van der Waals surface area contributed by atoms with Gasteiger partial charge in [0, 0.05) is 11.8 Å². The van der Waals surface area contributed by atoms with E-state index in [-0.39, 0.29) is 11.8 Å². The minimum Gasteiger partial charge on any atom is -0.303 e. The fourth-order valence-electron chi connectivity index (χ4n) is 4.07. The summed E-state index contributed by atoms with van der Waals surface area (Å²) in [5.74, 6) is 2.28. The number of hydrogen-bond acceptors (Lipinski definition) is 2. The highest BCUT2D eigenvalue weighted by Gasteiger charge is 2.57. The Morgan fingerprint density at radius 3 is 2.43 bits per heavy atom. The molecule has 0 amide bonds. The van der Waals surface area contributed by atoms with Crippen LogP contribution in [0, 0.1) is 35.5 Å². The average Bonchev–Trinajstić information content (AvgIpc) is 2.86. The predicted octanol–water partition coefficient (Wildman–Crippen LogP) is 1.46. The van der Waals surface area contributed by atoms with Crippen molar-refractivity contribution in [3.63, 3.8) is 0 Å². The van der Waals surface area contributed by atoms with Gasteiger partial charge in [-0.2, -0.15) is 0 Å². The molecule has 0 saturated heterocycles. The molecule has 14 heavy (non-hydrogen) atoms. The van der Waals surface area contributed by atoms with Crippen LogP contribution in [0.2, 0.25) is 0 Å². The van der Waals surface area contributed by atoms with Crippen LogP contribution in [0.4, 0.5) is 0 Å². The Bertz CT molecular complexity index is 307. The van der Waals surface area contributed by atoms with Crippen molar-refractivity contribution in [3.05, 3.63) is 12.2 Å². The third-order valence-electron chi connectivity index (χ3n) is 4.60. The van der Waals surface area contributed by atoms with Gasteiger partial charge in [0.05, 0.1) is 0 Å². The molecule has 0 heterocycles. The Hall–Kier alpha value is -0.920. The molecule has 0 N–H and O–H groups in total. The van der Waals surface area contributed by atoms with Gasteiger partial charge >= 0.3 is 0 Å². The molecule has 0 radical (unpaired) electrons. The van der Waals surface area contributed by atoms with Crippen LogP contribution in [-0.2, 0) is 9.59 Å². The van der Waals surface area contributed by atoms with Gasteiger partial charge in [-0.15, -0.1) is 0 Å². The summed E-state index contributed by atoms with van der Waals surface area (Å²) >= 11 is 0. The van der Waals surface area contributed by atoms with Gasteiger partial charge < -0.3 is 9.59 Å². The zero-order chi connectivity index (χ0) is 9.71. The molecule has 2 bridgehead atoms. The van der Waals surface area contributed by atoms with E-state index in [0.717, 1.165) is 25.4 Å². The summed E-state index contributed by atoms with van der Waals surface area (Å²) in [5.41, 5.74) is 0. The Labute approximate surface area is 83.4 Å². The van der Waals surface area contributed by atoms with E-state index < -0.39 is 0 Å². The molecule has 6 unspecified atom stereocenters. The molecular formula is C12H14O2. The van der Waals surface area contributed by atoms with Crippen LogP contribution in [0.1, 0.15) is 12.8 Å². The first-order chi connectivity index (χ1) is 6.86. The Kier molecular flexibility index (Phi) is 1.67. The van der Waals surface area contributed by atoms with Crippen molar-refractivity contribution in [3.8, 4) is 0 Å². The highest BCUT2D eigenvalue weighted by atomic mass is 16.1. The molecule has 2 heteroatoms. The van der Waals surface area contributed by atoms with Crippen molar-refractivity contribution >= 4 is 12.6 Å². The van der Waals surface area contributed by atoms with Crippen LogP contribution in [0.15, 0.2) is 12.2 Å². The summed E-state index contributed by atoms with van der Waals surface area (Å²) in [6.07, 6.45) is 8.77. The minimum atomic E-state index is 0.0153. The van der Waals surface area contributed by atoms with Gasteiger partial charge in [0.15, 0.2) is 0 Å². The third-order valence-corrected chi connectivity index (χ3v) is 4.60. The van der Waals surface area contributed by atoms with E-state index in [1.165, 1.54) is 0 Å². The van der Waals surface area contributed by atoms with E-state index in [2.05, 4.69) is 12.2 Å². The molecule has 0 aromatic carbocycles. The van der Waals surface area contributed by atoms with Crippen molar-refractivity contribution in [2.45, 2.75) is 12.8 Å². The van der Waals surface area contributed by atoms with Crippen molar-refractivity contribution in [2.24, 2.45) is 35.5 Å². The third kappa shape index (κ3) is 0.819. The summed E-state index contributed by atoms with van der Waals surface area (Å²) < 4.78 is 0. The lowest BCUT2D eigenvalue weighted by atomic mass is 9.70. The monoisotopic (exact) mass is 190 g/mol. The van der Waals surface area contributed by atoms with Crippen LogP contribution in [0.5, 0.6) is 0 Å². The highest BCUT2D eigenvalue weighted by Crippen LogP contribution is 2.60. The first-order valence-corrected chi connectivity index (χ1v) is 5.44. The average molecular weight is 190 g/mol. The number of fused-ring (bicyclic) bond motifs is 5. The maximum Gasteiger partial charge on any atom is 0.124 e. The first-order valence-electron chi connectivity index (χ1n) is 5.44. The van der Waals surface area contributed by atoms with Crippen LogP contribution >= 0.6 is 0 Å². The van der Waals surface area contributed by atoms with Crippen molar-refractivity contribution < 1.29 is 9.59 Å². The number of carbonyl (C=O) groups excluding carboxylic acids is 2. The second-order valence-electron chi connectivity index (χ2n) is 4.90. The summed E-state index contributed by atoms with van der Waals surface area (Å²) in [6.45, 7) is 0. The smallest absolute Gasteiger partial charge is 0.124 e. The van der Waals surface area contributed by atoms with Gasteiger partial charge in [0.25, 0.3) is 0 Å². The molecular weight excluding hydrogens is 176 g/mol. The second-order valence-corrected chi connectivity index (χ2v) is 4.90. The molecule has 0 aliphatic heterocycles. The molecule has 2 fully saturated rings. The number of allylic oxidation sites excluding steroid dienone is 2. The van der Waals surface area contributed by atoms with Crippen LogP contribution in [0.25, 0.3) is 0 Å². The number of carbonyl (C=O) groups is 2. The van der Waals surface area contributed by atoms with E-state index >= 15 is 0 Å². The van der Waals surface area contributed by atoms with Gasteiger partial charge in [-0.1, -0.05) is 12.2 Å². The quantitative estimate of drug-likeness (QED) is 0.488. The van der Waals surface area contributed by atoms with E-state index in [1.54, 1.807) is 0 Å². The van der Waals surface area contributed by atoms with Gasteiger partial charge in [-0.05, 0) is 36.5 Å². The maximum atomic E-state index is 11.0. The van der Waals surface area contributed by atoms with Gasteiger partial charge in [-0.3, -0.25) is 0 Å². The molecule has 74 valence electrons. The summed E-state index contributed by atoms with van der Waals surface area (Å²) in [6, 6.07) is 0. The highest BCUT2D eigenvalue weighted by molar-refractivity contribution is 5.67. The normalized spacial score (nSPS) is 53.4. The lowest BCUT2D eigenvalue weighted by Gasteiger charge is -2.32. The van der Waals surface area contributed by atoms with E-state index in [4.69, 9.17) is 0 Å². The number of hydrogen-bond donors (Lipinski definition) is 0. The van der Waals surface area contributed by atoms with Gasteiger partial charge in [-0.25, -0.2) is 0 Å². The molecule has 2 nitrogen and oxygen atoms in total. The molecule has 0 aromatic rings. The van der Waals surface area contributed by atoms with E-state index in [9.17, 15) is 9.59 Å². The lowest BCUT2D eigenvalue weighted by Crippen LogP contribution is -2.34. The molecule has 6 atom stereocenters. The number of aldehydes is 2. The lowest BCUT2D eigenvalue weighted by molar-refractivity contribution is -0.122. The summed E-state index contributed by atoms with van der Waals surface area (Å²) in [4.78, 5) is 21.9. The topological polar surface area (TPSA) is 34.1 Å². The SMILES string of the molecule is O=CC1C(C=O)C2CC1C1C=CCC12. The predicted molar refractivity (Wildman–Crippen MR) is 51.4 cm³/mol. The number of rotatable bonds is 2. The first kappa shape index (κ1) is 8.39. The molecule has 3 aliphatic carbocycles. The second kappa shape index (κ2) is 2.78. The summed E-state index contributed by atoms with van der Waals surface area (Å²) in [7, 11) is 0. The molecule has 2 saturated carbocycles. The fourth-order valence-corrected chi connectivity index (χ4v) is 4.07. The van der Waals surface area contributed by atoms with Crippen molar-refractivity contribution in [1.82, 2.24) is 0 Å². The minimum absolute atomic E-state index is 0.0153. The zero-order valence-corrected chi connectivity index (χ0v) is 8.00. The van der Waals surface area contributed by atoms with Crippen molar-refractivity contribution in [2.75, 3.05) is 0 Å². The maximum absolute atomic E-state index is 11.0. The van der Waals surface area contributed by atoms with Crippen LogP contribution < -0.4 is 0 Å². The van der Waals surface area contributed by atoms with Crippen molar-refractivity contribution in [1.29, 1.82) is 0 Å². The molecule has 3 rings (SSSR count). The zero-order valence-electron chi connectivity index (χ0n) is 8.00. The summed E-state index contributed by atoms with van der Waals surface area (Å²) in [5, 5.41) is 0. The fraction of sp³-hybridized carbons (Fsp3) is 0.667. The van der Waals surface area contributed by atoms with E-state index in [1.807, 2.05) is 0 Å². The molecule has 3 aliphatic rings. The Morgan fingerprint density at radius 2 is 1.71 bits per heavy atom. The standard InChI is InChI=1S/C12H14O2/c13-5-11-9-4-10(12(11)6-14)8-3-1-2-7(8)9/h1-2,5-12H,3-4H2. The van der Waals surface area contributed by atoms with Gasteiger partial charge in [0.1, 0.15) is 12.6 Å². The van der Waals surface area contributed by atoms with Crippen LogP contribution in [-0.4, -0.2) is 12.6 Å². The molecule has 0 spiro atoms. The largest absolute Gasteiger partial charge is 0.303 e. The molecule has 0 aromatic heterocycles. The van der Waals surface area contributed by atoms with E-state index in [0.29, 0.717) is 23.7 Å². The van der Waals surface area contributed by atoms with Gasteiger partial charge in [0.2, 0.25) is 0 Å².